The molecular formula is C17H13F3N2O2. The number of halogens is 3. The number of aromatic nitrogens is 2. The Kier molecular flexibility index (Phi) is 4.01. The van der Waals surface area contributed by atoms with Crippen LogP contribution in [-0.4, -0.2) is 22.8 Å². The molecule has 2 aromatic carbocycles. The molecule has 0 saturated carbocycles. The molecule has 24 heavy (non-hydrogen) atoms. The summed E-state index contributed by atoms with van der Waals surface area (Å²) in [6.07, 6.45) is -4.52. The third-order valence-corrected chi connectivity index (χ3v) is 3.57. The predicted octanol–water partition coefficient (Wildman–Crippen LogP) is 3.63. The summed E-state index contributed by atoms with van der Waals surface area (Å²) in [5.74, 6) is 0.471. The van der Waals surface area contributed by atoms with Crippen molar-refractivity contribution in [3.63, 3.8) is 0 Å². The Morgan fingerprint density at radius 2 is 1.83 bits per heavy atom. The third-order valence-electron chi connectivity index (χ3n) is 3.57. The summed E-state index contributed by atoms with van der Waals surface area (Å²) in [5.41, 5.74) is 0.191. The van der Waals surface area contributed by atoms with Gasteiger partial charge in [-0.3, -0.25) is 4.57 Å². The van der Waals surface area contributed by atoms with Crippen LogP contribution in [0.15, 0.2) is 53.3 Å². The fourth-order valence-electron chi connectivity index (χ4n) is 2.53. The maximum atomic E-state index is 12.8. The van der Waals surface area contributed by atoms with Crippen LogP contribution < -0.4 is 10.4 Å². The molecule has 0 N–H and O–H groups in total. The molecule has 0 aliphatic rings. The van der Waals surface area contributed by atoms with Crippen molar-refractivity contribution < 1.29 is 17.9 Å². The maximum absolute atomic E-state index is 12.8. The van der Waals surface area contributed by atoms with Gasteiger partial charge in [0, 0.05) is 10.9 Å². The molecule has 124 valence electrons. The first kappa shape index (κ1) is 16.0. The summed E-state index contributed by atoms with van der Waals surface area (Å²) in [5, 5.41) is 0.421. The van der Waals surface area contributed by atoms with Gasteiger partial charge in [-0.1, -0.05) is 30.3 Å². The zero-order valence-corrected chi connectivity index (χ0v) is 12.7. The molecule has 7 heteroatoms. The smallest absolute Gasteiger partial charge is 0.406 e. The van der Waals surface area contributed by atoms with Crippen molar-refractivity contribution in [1.82, 2.24) is 9.55 Å². The van der Waals surface area contributed by atoms with E-state index in [1.807, 2.05) is 0 Å². The molecule has 0 saturated heterocycles. The van der Waals surface area contributed by atoms with Crippen molar-refractivity contribution in [3.05, 3.63) is 59.0 Å². The molecule has 3 rings (SSSR count). The lowest BCUT2D eigenvalue weighted by atomic mass is 10.1. The van der Waals surface area contributed by atoms with Crippen LogP contribution in [0.3, 0.4) is 0 Å². The minimum atomic E-state index is -4.52. The van der Waals surface area contributed by atoms with Crippen LogP contribution in [0.2, 0.25) is 0 Å². The Hall–Kier alpha value is -2.83. The lowest BCUT2D eigenvalue weighted by molar-refractivity contribution is -0.140. The molecule has 1 aromatic heterocycles. The van der Waals surface area contributed by atoms with Crippen molar-refractivity contribution >= 4 is 10.9 Å². The van der Waals surface area contributed by atoms with Crippen molar-refractivity contribution in [3.8, 4) is 17.0 Å². The predicted molar refractivity (Wildman–Crippen MR) is 84.0 cm³/mol. The average Bonchev–Trinajstić information content (AvgIpc) is 2.56. The zero-order valence-electron chi connectivity index (χ0n) is 12.7. The number of rotatable bonds is 3. The SMILES string of the molecule is COc1ccc2c(c1)c(-c1ccccc1)nc(=O)n2CC(F)(F)F. The van der Waals surface area contributed by atoms with Gasteiger partial charge >= 0.3 is 11.9 Å². The van der Waals surface area contributed by atoms with E-state index in [2.05, 4.69) is 4.98 Å². The molecular weight excluding hydrogens is 321 g/mol. The molecule has 0 aliphatic carbocycles. The number of hydrogen-bond donors (Lipinski definition) is 0. The number of benzene rings is 2. The summed E-state index contributed by atoms with van der Waals surface area (Å²) >= 11 is 0. The van der Waals surface area contributed by atoms with E-state index in [0.717, 1.165) is 0 Å². The molecule has 4 nitrogen and oxygen atoms in total. The van der Waals surface area contributed by atoms with E-state index >= 15 is 0 Å². The topological polar surface area (TPSA) is 44.1 Å². The fraction of sp³-hybridized carbons (Fsp3) is 0.176. The molecule has 3 aromatic rings. The largest absolute Gasteiger partial charge is 0.497 e. The van der Waals surface area contributed by atoms with Crippen LogP contribution in [0, 0.1) is 0 Å². The molecule has 0 unspecified atom stereocenters. The Labute approximate surface area is 135 Å². The maximum Gasteiger partial charge on any atom is 0.406 e. The van der Waals surface area contributed by atoms with E-state index in [-0.39, 0.29) is 5.52 Å². The van der Waals surface area contributed by atoms with Crippen molar-refractivity contribution in [2.75, 3.05) is 7.11 Å². The van der Waals surface area contributed by atoms with Gasteiger partial charge < -0.3 is 4.74 Å². The Bertz CT molecular complexity index is 934. The van der Waals surface area contributed by atoms with Crippen LogP contribution in [0.4, 0.5) is 13.2 Å². The van der Waals surface area contributed by atoms with Gasteiger partial charge in [-0.25, -0.2) is 4.79 Å². The number of hydrogen-bond acceptors (Lipinski definition) is 3. The first-order valence-corrected chi connectivity index (χ1v) is 7.10. The zero-order chi connectivity index (χ0) is 17.3. The fourth-order valence-corrected chi connectivity index (χ4v) is 2.53. The molecule has 0 amide bonds. The number of alkyl halides is 3. The summed E-state index contributed by atoms with van der Waals surface area (Å²) < 4.78 is 44.2. The van der Waals surface area contributed by atoms with Gasteiger partial charge in [0.25, 0.3) is 0 Å². The monoisotopic (exact) mass is 334 g/mol. The van der Waals surface area contributed by atoms with Gasteiger partial charge in [0.1, 0.15) is 12.3 Å². The summed E-state index contributed by atoms with van der Waals surface area (Å²) in [7, 11) is 1.46. The third kappa shape index (κ3) is 3.10. The Morgan fingerprint density at radius 3 is 2.46 bits per heavy atom. The van der Waals surface area contributed by atoms with Crippen molar-refractivity contribution in [2.45, 2.75) is 12.7 Å². The van der Waals surface area contributed by atoms with Gasteiger partial charge in [-0.05, 0) is 18.2 Å². The van der Waals surface area contributed by atoms with E-state index in [1.54, 1.807) is 36.4 Å². The van der Waals surface area contributed by atoms with Gasteiger partial charge in [0.2, 0.25) is 0 Å². The van der Waals surface area contributed by atoms with Gasteiger partial charge in [0.15, 0.2) is 0 Å². The summed E-state index contributed by atoms with van der Waals surface area (Å²) in [4.78, 5) is 16.1. The Balaban J connectivity index is 2.34. The molecule has 0 atom stereocenters. The van der Waals surface area contributed by atoms with Crippen LogP contribution in [0.25, 0.3) is 22.2 Å². The van der Waals surface area contributed by atoms with Crippen molar-refractivity contribution in [2.24, 2.45) is 0 Å². The van der Waals surface area contributed by atoms with Gasteiger partial charge in [-0.15, -0.1) is 0 Å². The minimum Gasteiger partial charge on any atom is -0.497 e. The highest BCUT2D eigenvalue weighted by Gasteiger charge is 2.30. The molecule has 1 heterocycles. The average molecular weight is 334 g/mol. The number of fused-ring (bicyclic) bond motifs is 1. The van der Waals surface area contributed by atoms with Gasteiger partial charge in [0.05, 0.1) is 18.3 Å². The lowest BCUT2D eigenvalue weighted by Gasteiger charge is -2.15. The van der Waals surface area contributed by atoms with E-state index in [4.69, 9.17) is 4.74 Å². The normalized spacial score (nSPS) is 11.7. The number of ether oxygens (including phenoxy) is 1. The number of methoxy groups -OCH3 is 1. The Morgan fingerprint density at radius 1 is 1.12 bits per heavy atom. The highest BCUT2D eigenvalue weighted by atomic mass is 19.4. The molecule has 0 spiro atoms. The quantitative estimate of drug-likeness (QED) is 0.735. The minimum absolute atomic E-state index is 0.159. The van der Waals surface area contributed by atoms with Crippen molar-refractivity contribution in [1.29, 1.82) is 0 Å². The van der Waals surface area contributed by atoms with Crippen LogP contribution in [0.5, 0.6) is 5.75 Å². The van der Waals surface area contributed by atoms with Crippen LogP contribution in [-0.2, 0) is 6.54 Å². The second kappa shape index (κ2) is 5.99. The molecule has 0 fully saturated rings. The first-order chi connectivity index (χ1) is 11.4. The van der Waals surface area contributed by atoms with E-state index in [1.165, 1.54) is 19.2 Å². The van der Waals surface area contributed by atoms with E-state index in [9.17, 15) is 18.0 Å². The first-order valence-electron chi connectivity index (χ1n) is 7.10. The second-order valence-electron chi connectivity index (χ2n) is 5.19. The van der Waals surface area contributed by atoms with E-state index in [0.29, 0.717) is 27.0 Å². The molecule has 0 radical (unpaired) electrons. The van der Waals surface area contributed by atoms with E-state index < -0.39 is 18.4 Å². The highest BCUT2D eigenvalue weighted by molar-refractivity contribution is 5.93. The van der Waals surface area contributed by atoms with Gasteiger partial charge in [-0.2, -0.15) is 18.2 Å². The standard InChI is InChI=1S/C17H13F3N2O2/c1-24-12-7-8-14-13(9-12)15(11-5-3-2-4-6-11)21-16(23)22(14)10-17(18,19)20/h2-9H,10H2,1H3. The molecule has 0 aliphatic heterocycles. The summed E-state index contributed by atoms with van der Waals surface area (Å²) in [6.45, 7) is -1.39. The lowest BCUT2D eigenvalue weighted by Crippen LogP contribution is -2.30. The second-order valence-corrected chi connectivity index (χ2v) is 5.19. The van der Waals surface area contributed by atoms with Crippen LogP contribution >= 0.6 is 0 Å². The molecule has 0 bridgehead atoms. The number of nitrogens with zero attached hydrogens (tertiary/aromatic N) is 2. The highest BCUT2D eigenvalue weighted by Crippen LogP contribution is 2.29. The summed E-state index contributed by atoms with van der Waals surface area (Å²) in [6, 6.07) is 13.4. The van der Waals surface area contributed by atoms with Crippen LogP contribution in [0.1, 0.15) is 0 Å².